The van der Waals surface area contributed by atoms with Crippen LogP contribution < -0.4 is 4.74 Å². The van der Waals surface area contributed by atoms with E-state index in [1.54, 1.807) is 24.3 Å². The number of aryl methyl sites for hydroxylation is 2. The van der Waals surface area contributed by atoms with Gasteiger partial charge in [-0.25, -0.2) is 0 Å². The molecule has 1 aliphatic carbocycles. The van der Waals surface area contributed by atoms with E-state index >= 15 is 0 Å². The summed E-state index contributed by atoms with van der Waals surface area (Å²) in [4.78, 5) is 10.7. The van der Waals surface area contributed by atoms with Crippen molar-refractivity contribution in [1.29, 1.82) is 0 Å². The highest BCUT2D eigenvalue weighted by Crippen LogP contribution is 2.37. The smallest absolute Gasteiger partial charge is 0.416 e. The van der Waals surface area contributed by atoms with Gasteiger partial charge in [0.05, 0.1) is 5.56 Å². The van der Waals surface area contributed by atoms with Crippen molar-refractivity contribution in [2.75, 3.05) is 6.61 Å². The van der Waals surface area contributed by atoms with Gasteiger partial charge in [0, 0.05) is 10.5 Å². The number of carbonyl (C=O) groups is 1. The molecular weight excluding hydrogens is 381 g/mol. The van der Waals surface area contributed by atoms with Crippen molar-refractivity contribution in [1.82, 2.24) is 0 Å². The van der Waals surface area contributed by atoms with Gasteiger partial charge in [-0.1, -0.05) is 35.9 Å². The number of hydrogen-bond acceptors (Lipinski definition) is 2. The predicted molar refractivity (Wildman–Crippen MR) is 105 cm³/mol. The van der Waals surface area contributed by atoms with Crippen LogP contribution in [0.25, 0.3) is 5.57 Å². The standard InChI is InChI=1S/C23H23F3O3/c1-15-5-7-16(8-6-15)20-4-2-3-18(20)14-29-19-11-9-17(10-12-22(27)28)21(13-19)23(24,25)26/h5-9,11,13H,2-4,10,12,14H2,1H3,(H,27,28)/i1D3. The summed E-state index contributed by atoms with van der Waals surface area (Å²) in [6.45, 7) is -2.05. The second kappa shape index (κ2) is 8.72. The Morgan fingerprint density at radius 1 is 1.17 bits per heavy atom. The highest BCUT2D eigenvalue weighted by Gasteiger charge is 2.33. The van der Waals surface area contributed by atoms with Crippen LogP contribution in [0.4, 0.5) is 13.2 Å². The van der Waals surface area contributed by atoms with E-state index in [4.69, 9.17) is 14.0 Å². The number of halogens is 3. The Kier molecular flexibility index (Phi) is 5.15. The van der Waals surface area contributed by atoms with Gasteiger partial charge in [-0.05, 0) is 66.9 Å². The third kappa shape index (κ3) is 5.40. The molecule has 2 aromatic rings. The van der Waals surface area contributed by atoms with Gasteiger partial charge in [-0.3, -0.25) is 4.79 Å². The average Bonchev–Trinajstić information content (AvgIpc) is 3.18. The monoisotopic (exact) mass is 407 g/mol. The van der Waals surface area contributed by atoms with Crippen LogP contribution in [0, 0.1) is 6.85 Å². The normalized spacial score (nSPS) is 16.3. The van der Waals surface area contributed by atoms with Gasteiger partial charge < -0.3 is 9.84 Å². The first kappa shape index (κ1) is 17.1. The molecule has 154 valence electrons. The average molecular weight is 407 g/mol. The van der Waals surface area contributed by atoms with Crippen molar-refractivity contribution in [3.05, 3.63) is 70.3 Å². The molecule has 0 unspecified atom stereocenters. The molecule has 0 saturated heterocycles. The fraction of sp³-hybridized carbons (Fsp3) is 0.348. The topological polar surface area (TPSA) is 46.5 Å². The Morgan fingerprint density at radius 3 is 2.59 bits per heavy atom. The van der Waals surface area contributed by atoms with Crippen LogP contribution in [0.5, 0.6) is 5.75 Å². The van der Waals surface area contributed by atoms with Crippen LogP contribution in [-0.4, -0.2) is 17.7 Å². The van der Waals surface area contributed by atoms with Gasteiger partial charge in [0.25, 0.3) is 0 Å². The summed E-state index contributed by atoms with van der Waals surface area (Å²) in [5, 5.41) is 8.76. The highest BCUT2D eigenvalue weighted by atomic mass is 19.4. The molecule has 29 heavy (non-hydrogen) atoms. The largest absolute Gasteiger partial charge is 0.489 e. The Balaban J connectivity index is 1.78. The maximum absolute atomic E-state index is 13.4. The van der Waals surface area contributed by atoms with Crippen molar-refractivity contribution in [3.8, 4) is 5.75 Å². The van der Waals surface area contributed by atoms with Gasteiger partial charge in [0.1, 0.15) is 12.4 Å². The van der Waals surface area contributed by atoms with E-state index in [1.807, 2.05) is 0 Å². The maximum atomic E-state index is 13.4. The molecule has 0 fully saturated rings. The molecule has 0 saturated carbocycles. The SMILES string of the molecule is [2H]C([2H])([2H])c1ccc(C2=C(COc3ccc(CCC(=O)O)c(C(F)(F)F)c3)CCC2)cc1. The van der Waals surface area contributed by atoms with Crippen LogP contribution in [0.1, 0.15) is 52.0 Å². The molecule has 0 aliphatic heterocycles. The van der Waals surface area contributed by atoms with E-state index in [0.29, 0.717) is 0 Å². The number of ether oxygens (including phenoxy) is 1. The first-order chi connectivity index (χ1) is 14.9. The number of allylic oxidation sites excluding steroid dienone is 1. The van der Waals surface area contributed by atoms with Crippen molar-refractivity contribution < 1.29 is 31.9 Å². The number of carboxylic acid groups (broad SMARTS) is 1. The second-order valence-electron chi connectivity index (χ2n) is 7.01. The maximum Gasteiger partial charge on any atom is 0.416 e. The van der Waals surface area contributed by atoms with Crippen molar-refractivity contribution in [3.63, 3.8) is 0 Å². The zero-order valence-electron chi connectivity index (χ0n) is 18.7. The Labute approximate surface area is 172 Å². The second-order valence-corrected chi connectivity index (χ2v) is 7.01. The molecule has 1 aliphatic rings. The van der Waals surface area contributed by atoms with E-state index in [2.05, 4.69) is 0 Å². The first-order valence-corrected chi connectivity index (χ1v) is 9.31. The Bertz CT molecular complexity index is 1010. The highest BCUT2D eigenvalue weighted by molar-refractivity contribution is 5.71. The first-order valence-electron chi connectivity index (χ1n) is 10.8. The number of rotatable bonds is 7. The van der Waals surface area contributed by atoms with Crippen molar-refractivity contribution in [2.45, 2.75) is 45.1 Å². The summed E-state index contributed by atoms with van der Waals surface area (Å²) in [5.74, 6) is -1.10. The quantitative estimate of drug-likeness (QED) is 0.608. The summed E-state index contributed by atoms with van der Waals surface area (Å²) < 4.78 is 68.4. The summed E-state index contributed by atoms with van der Waals surface area (Å²) in [7, 11) is 0. The third-order valence-electron chi connectivity index (χ3n) is 4.97. The van der Waals surface area contributed by atoms with E-state index < -0.39 is 24.6 Å². The molecule has 3 nitrogen and oxygen atoms in total. The number of aliphatic carboxylic acids is 1. The number of benzene rings is 2. The molecule has 0 aromatic heterocycles. The molecule has 0 spiro atoms. The lowest BCUT2D eigenvalue weighted by Gasteiger charge is -2.15. The van der Waals surface area contributed by atoms with Crippen molar-refractivity contribution >= 4 is 11.5 Å². The van der Waals surface area contributed by atoms with Crippen LogP contribution in [0.3, 0.4) is 0 Å². The van der Waals surface area contributed by atoms with Gasteiger partial charge in [0.2, 0.25) is 0 Å². The molecule has 0 atom stereocenters. The minimum Gasteiger partial charge on any atom is -0.489 e. The van der Waals surface area contributed by atoms with Crippen LogP contribution in [-0.2, 0) is 17.4 Å². The van der Waals surface area contributed by atoms with Gasteiger partial charge in [-0.2, -0.15) is 13.2 Å². The lowest BCUT2D eigenvalue weighted by molar-refractivity contribution is -0.140. The van der Waals surface area contributed by atoms with Crippen LogP contribution in [0.2, 0.25) is 0 Å². The van der Waals surface area contributed by atoms with Crippen LogP contribution >= 0.6 is 0 Å². The van der Waals surface area contributed by atoms with Gasteiger partial charge in [0.15, 0.2) is 0 Å². The molecular formula is C23H23F3O3. The van der Waals surface area contributed by atoms with Crippen molar-refractivity contribution in [2.24, 2.45) is 0 Å². The minimum absolute atomic E-state index is 0.0629. The molecule has 0 amide bonds. The van der Waals surface area contributed by atoms with E-state index in [-0.39, 0.29) is 36.3 Å². The molecule has 6 heteroatoms. The number of alkyl halides is 3. The van der Waals surface area contributed by atoms with Gasteiger partial charge >= 0.3 is 12.1 Å². The Hall–Kier alpha value is -2.76. The third-order valence-corrected chi connectivity index (χ3v) is 4.97. The summed E-state index contributed by atoms with van der Waals surface area (Å²) in [5.41, 5.74) is 2.15. The fourth-order valence-corrected chi connectivity index (χ4v) is 3.52. The molecule has 3 rings (SSSR count). The summed E-state index contributed by atoms with van der Waals surface area (Å²) in [6, 6.07) is 10.2. The zero-order valence-corrected chi connectivity index (χ0v) is 15.7. The predicted octanol–water partition coefficient (Wildman–Crippen LogP) is 6.05. The lowest BCUT2D eigenvalue weighted by atomic mass is 10.0. The minimum atomic E-state index is -4.62. The van der Waals surface area contributed by atoms with E-state index in [1.165, 1.54) is 12.1 Å². The fourth-order valence-electron chi connectivity index (χ4n) is 3.52. The number of hydrogen-bond donors (Lipinski definition) is 1. The molecule has 1 N–H and O–H groups in total. The van der Waals surface area contributed by atoms with E-state index in [0.717, 1.165) is 42.0 Å². The summed E-state index contributed by atoms with van der Waals surface area (Å²) in [6.07, 6.45) is -2.80. The number of carboxylic acids is 1. The van der Waals surface area contributed by atoms with Crippen LogP contribution in [0.15, 0.2) is 48.0 Å². The molecule has 2 aromatic carbocycles. The van der Waals surface area contributed by atoms with E-state index in [9.17, 15) is 18.0 Å². The Morgan fingerprint density at radius 2 is 1.93 bits per heavy atom. The van der Waals surface area contributed by atoms with Gasteiger partial charge in [-0.15, -0.1) is 0 Å². The zero-order chi connectivity index (χ0) is 23.5. The molecule has 0 heterocycles. The molecule has 0 radical (unpaired) electrons. The molecule has 0 bridgehead atoms. The summed E-state index contributed by atoms with van der Waals surface area (Å²) >= 11 is 0. The lowest BCUT2D eigenvalue weighted by Crippen LogP contribution is -2.11.